The molecule has 0 atom stereocenters. The van der Waals surface area contributed by atoms with Crippen molar-refractivity contribution < 1.29 is 23.9 Å². The van der Waals surface area contributed by atoms with Gasteiger partial charge in [0.2, 0.25) is 5.91 Å². The van der Waals surface area contributed by atoms with Gasteiger partial charge in [-0.05, 0) is 31.9 Å². The molecule has 1 saturated heterocycles. The zero-order chi connectivity index (χ0) is 20.4. The Kier molecular flexibility index (Phi) is 8.58. The number of benzene rings is 1. The van der Waals surface area contributed by atoms with Gasteiger partial charge in [0.1, 0.15) is 5.75 Å². The van der Waals surface area contributed by atoms with Gasteiger partial charge >= 0.3 is 6.09 Å². The quantitative estimate of drug-likeness (QED) is 0.728. The Morgan fingerprint density at radius 3 is 2.46 bits per heavy atom. The fraction of sp³-hybridized carbons (Fsp3) is 0.550. The Morgan fingerprint density at radius 1 is 1.18 bits per heavy atom. The van der Waals surface area contributed by atoms with Crippen molar-refractivity contribution in [2.75, 3.05) is 39.4 Å². The molecule has 0 aromatic heterocycles. The van der Waals surface area contributed by atoms with E-state index in [1.165, 1.54) is 6.92 Å². The summed E-state index contributed by atoms with van der Waals surface area (Å²) in [5, 5.41) is 2.78. The van der Waals surface area contributed by atoms with Gasteiger partial charge < -0.3 is 24.6 Å². The standard InChI is InChI=1S/C20H29N3O5/c1-3-27-20(26)22-12-9-17(10-13-22)23(16(2)24)14-11-21-19(25)15-28-18-7-5-4-6-8-18/h4-8,17H,3,9-15H2,1-2H3,(H,21,25). The predicted octanol–water partition coefficient (Wildman–Crippen LogP) is 1.65. The van der Waals surface area contributed by atoms with Crippen molar-refractivity contribution in [1.82, 2.24) is 15.1 Å². The third kappa shape index (κ3) is 6.75. The Hall–Kier alpha value is -2.77. The molecule has 1 aromatic rings. The summed E-state index contributed by atoms with van der Waals surface area (Å²) in [6.45, 7) is 5.49. The van der Waals surface area contributed by atoms with Crippen LogP contribution in [-0.2, 0) is 14.3 Å². The first-order valence-corrected chi connectivity index (χ1v) is 9.64. The molecule has 1 aliphatic rings. The highest BCUT2D eigenvalue weighted by Gasteiger charge is 2.28. The minimum absolute atomic E-state index is 0.0376. The van der Waals surface area contributed by atoms with Crippen LogP contribution in [0.25, 0.3) is 0 Å². The SMILES string of the molecule is CCOC(=O)N1CCC(N(CCNC(=O)COc2ccccc2)C(C)=O)CC1. The lowest BCUT2D eigenvalue weighted by Gasteiger charge is -2.37. The number of piperidine rings is 1. The molecule has 3 amide bonds. The van der Waals surface area contributed by atoms with Crippen LogP contribution in [-0.4, -0.2) is 73.1 Å². The number of nitrogens with one attached hydrogen (secondary N) is 1. The molecule has 1 fully saturated rings. The molecule has 0 aliphatic carbocycles. The average Bonchev–Trinajstić information content (AvgIpc) is 2.70. The van der Waals surface area contributed by atoms with Gasteiger partial charge in [0, 0.05) is 39.1 Å². The number of ether oxygens (including phenoxy) is 2. The molecule has 8 heteroatoms. The molecule has 0 bridgehead atoms. The lowest BCUT2D eigenvalue weighted by Crippen LogP contribution is -2.50. The largest absolute Gasteiger partial charge is 0.484 e. The van der Waals surface area contributed by atoms with Crippen molar-refractivity contribution in [3.63, 3.8) is 0 Å². The minimum atomic E-state index is -0.305. The maximum Gasteiger partial charge on any atom is 0.409 e. The molecular weight excluding hydrogens is 362 g/mol. The van der Waals surface area contributed by atoms with Crippen molar-refractivity contribution in [2.45, 2.75) is 32.7 Å². The number of para-hydroxylation sites is 1. The summed E-state index contributed by atoms with van der Waals surface area (Å²) in [7, 11) is 0. The average molecular weight is 391 g/mol. The molecule has 1 heterocycles. The van der Waals surface area contributed by atoms with E-state index in [1.807, 2.05) is 18.2 Å². The van der Waals surface area contributed by atoms with Crippen LogP contribution in [0.1, 0.15) is 26.7 Å². The summed E-state index contributed by atoms with van der Waals surface area (Å²) in [5.41, 5.74) is 0. The molecule has 154 valence electrons. The number of carbonyl (C=O) groups is 3. The van der Waals surface area contributed by atoms with Crippen LogP contribution in [0.2, 0.25) is 0 Å². The monoisotopic (exact) mass is 391 g/mol. The van der Waals surface area contributed by atoms with E-state index in [4.69, 9.17) is 9.47 Å². The van der Waals surface area contributed by atoms with Gasteiger partial charge in [-0.15, -0.1) is 0 Å². The van der Waals surface area contributed by atoms with Crippen LogP contribution in [0.4, 0.5) is 4.79 Å². The number of carbonyl (C=O) groups excluding carboxylic acids is 3. The molecular formula is C20H29N3O5. The summed E-state index contributed by atoms with van der Waals surface area (Å²) in [5.74, 6) is 0.366. The number of hydrogen-bond acceptors (Lipinski definition) is 5. The van der Waals surface area contributed by atoms with E-state index < -0.39 is 0 Å². The smallest absolute Gasteiger partial charge is 0.409 e. The number of amides is 3. The summed E-state index contributed by atoms with van der Waals surface area (Å²) in [4.78, 5) is 39.2. The van der Waals surface area contributed by atoms with E-state index in [1.54, 1.807) is 28.9 Å². The molecule has 1 aromatic carbocycles. The second-order valence-corrected chi connectivity index (χ2v) is 6.58. The normalized spacial score (nSPS) is 14.3. The van der Waals surface area contributed by atoms with E-state index in [0.717, 1.165) is 0 Å². The third-order valence-corrected chi connectivity index (χ3v) is 4.62. The van der Waals surface area contributed by atoms with Gasteiger partial charge in [-0.2, -0.15) is 0 Å². The van der Waals surface area contributed by atoms with Crippen LogP contribution >= 0.6 is 0 Å². The van der Waals surface area contributed by atoms with Crippen molar-refractivity contribution in [3.8, 4) is 5.75 Å². The van der Waals surface area contributed by atoms with E-state index in [0.29, 0.717) is 51.4 Å². The Bertz CT molecular complexity index is 645. The van der Waals surface area contributed by atoms with Crippen LogP contribution in [0.5, 0.6) is 5.75 Å². The molecule has 28 heavy (non-hydrogen) atoms. The molecule has 0 saturated carbocycles. The van der Waals surface area contributed by atoms with Crippen LogP contribution in [0.3, 0.4) is 0 Å². The maximum atomic E-state index is 12.0. The zero-order valence-electron chi connectivity index (χ0n) is 16.6. The number of rotatable bonds is 8. The molecule has 0 radical (unpaired) electrons. The highest BCUT2D eigenvalue weighted by Crippen LogP contribution is 2.17. The lowest BCUT2D eigenvalue weighted by molar-refractivity contribution is -0.132. The van der Waals surface area contributed by atoms with Crippen molar-refractivity contribution in [1.29, 1.82) is 0 Å². The highest BCUT2D eigenvalue weighted by atomic mass is 16.6. The fourth-order valence-corrected chi connectivity index (χ4v) is 3.20. The topological polar surface area (TPSA) is 88.2 Å². The van der Waals surface area contributed by atoms with Gasteiger partial charge in [-0.3, -0.25) is 9.59 Å². The fourth-order valence-electron chi connectivity index (χ4n) is 3.20. The van der Waals surface area contributed by atoms with Gasteiger partial charge in [0.25, 0.3) is 5.91 Å². The Morgan fingerprint density at radius 2 is 1.86 bits per heavy atom. The molecule has 8 nitrogen and oxygen atoms in total. The third-order valence-electron chi connectivity index (χ3n) is 4.62. The second-order valence-electron chi connectivity index (χ2n) is 6.58. The number of hydrogen-bond donors (Lipinski definition) is 1. The van der Waals surface area contributed by atoms with E-state index in [9.17, 15) is 14.4 Å². The van der Waals surface area contributed by atoms with Crippen molar-refractivity contribution in [2.24, 2.45) is 0 Å². The van der Waals surface area contributed by atoms with Gasteiger partial charge in [-0.25, -0.2) is 4.79 Å². The highest BCUT2D eigenvalue weighted by molar-refractivity contribution is 5.77. The van der Waals surface area contributed by atoms with Gasteiger partial charge in [-0.1, -0.05) is 18.2 Å². The van der Waals surface area contributed by atoms with Crippen LogP contribution in [0.15, 0.2) is 30.3 Å². The molecule has 1 aliphatic heterocycles. The Balaban J connectivity index is 1.72. The van der Waals surface area contributed by atoms with Crippen molar-refractivity contribution >= 4 is 17.9 Å². The first-order valence-electron chi connectivity index (χ1n) is 9.64. The number of nitrogens with zero attached hydrogens (tertiary/aromatic N) is 2. The van der Waals surface area contributed by atoms with Crippen LogP contribution < -0.4 is 10.1 Å². The van der Waals surface area contributed by atoms with E-state index >= 15 is 0 Å². The first-order chi connectivity index (χ1) is 13.5. The first kappa shape index (κ1) is 21.5. The summed E-state index contributed by atoms with van der Waals surface area (Å²) < 4.78 is 10.4. The zero-order valence-corrected chi connectivity index (χ0v) is 16.6. The molecule has 2 rings (SSSR count). The maximum absolute atomic E-state index is 12.0. The van der Waals surface area contributed by atoms with E-state index in [2.05, 4.69) is 5.32 Å². The molecule has 0 unspecified atom stereocenters. The minimum Gasteiger partial charge on any atom is -0.484 e. The summed E-state index contributed by atoms with van der Waals surface area (Å²) in [6.07, 6.45) is 1.09. The summed E-state index contributed by atoms with van der Waals surface area (Å²) in [6, 6.07) is 9.18. The number of likely N-dealkylation sites (tertiary alicyclic amines) is 1. The molecule has 0 spiro atoms. The Labute approximate surface area is 165 Å². The predicted molar refractivity (Wildman–Crippen MR) is 104 cm³/mol. The lowest BCUT2D eigenvalue weighted by atomic mass is 10.0. The molecule has 1 N–H and O–H groups in total. The summed E-state index contributed by atoms with van der Waals surface area (Å²) >= 11 is 0. The van der Waals surface area contributed by atoms with Crippen molar-refractivity contribution in [3.05, 3.63) is 30.3 Å². The van der Waals surface area contributed by atoms with Gasteiger partial charge in [0.15, 0.2) is 6.61 Å². The van der Waals surface area contributed by atoms with Gasteiger partial charge in [0.05, 0.1) is 6.61 Å². The second kappa shape index (κ2) is 11.2. The van der Waals surface area contributed by atoms with Crippen LogP contribution in [0, 0.1) is 0 Å². The van der Waals surface area contributed by atoms with E-state index in [-0.39, 0.29) is 30.6 Å².